The molecule has 0 aliphatic heterocycles. The van der Waals surface area contributed by atoms with E-state index in [1.54, 1.807) is 0 Å². The quantitative estimate of drug-likeness (QED) is 0.750. The molecule has 0 aliphatic carbocycles. The Morgan fingerprint density at radius 1 is 1.25 bits per heavy atom. The molecule has 16 heavy (non-hydrogen) atoms. The van der Waals surface area contributed by atoms with Crippen molar-refractivity contribution in [3.05, 3.63) is 40.8 Å². The summed E-state index contributed by atoms with van der Waals surface area (Å²) in [6.45, 7) is 5.96. The van der Waals surface area contributed by atoms with E-state index in [9.17, 15) is 0 Å². The van der Waals surface area contributed by atoms with Crippen molar-refractivity contribution in [2.75, 3.05) is 0 Å². The van der Waals surface area contributed by atoms with Crippen LogP contribution in [0.3, 0.4) is 0 Å². The molecule has 0 saturated carbocycles. The van der Waals surface area contributed by atoms with E-state index in [4.69, 9.17) is 11.6 Å². The number of pyridine rings is 1. The Morgan fingerprint density at radius 3 is 2.50 bits per heavy atom. The van der Waals surface area contributed by atoms with Crippen LogP contribution in [-0.2, 0) is 5.88 Å². The van der Waals surface area contributed by atoms with Gasteiger partial charge >= 0.3 is 0 Å². The van der Waals surface area contributed by atoms with Crippen LogP contribution in [0, 0.1) is 20.8 Å². The fourth-order valence-electron chi connectivity index (χ4n) is 1.70. The normalized spacial score (nSPS) is 10.8. The summed E-state index contributed by atoms with van der Waals surface area (Å²) >= 11 is 5.80. The molecule has 0 amide bonds. The van der Waals surface area contributed by atoms with Gasteiger partial charge in [-0.2, -0.15) is 5.10 Å². The van der Waals surface area contributed by atoms with Gasteiger partial charge in [-0.25, -0.2) is 9.67 Å². The fourth-order valence-corrected chi connectivity index (χ4v) is 1.98. The van der Waals surface area contributed by atoms with Crippen LogP contribution in [-0.4, -0.2) is 14.8 Å². The Labute approximate surface area is 100 Å². The molecule has 2 heterocycles. The average Bonchev–Trinajstić information content (AvgIpc) is 2.58. The van der Waals surface area contributed by atoms with Gasteiger partial charge in [-0.05, 0) is 38.5 Å². The molecular weight excluding hydrogens is 222 g/mol. The van der Waals surface area contributed by atoms with Crippen LogP contribution >= 0.6 is 11.6 Å². The van der Waals surface area contributed by atoms with Gasteiger partial charge in [-0.15, -0.1) is 11.6 Å². The largest absolute Gasteiger partial charge is 0.234 e. The molecule has 2 aromatic rings. The molecule has 0 bridgehead atoms. The highest BCUT2D eigenvalue weighted by molar-refractivity contribution is 6.17. The topological polar surface area (TPSA) is 30.7 Å². The predicted octanol–water partition coefficient (Wildman–Crippen LogP) is 2.93. The van der Waals surface area contributed by atoms with Crippen molar-refractivity contribution in [1.82, 2.24) is 14.8 Å². The average molecular weight is 236 g/mol. The van der Waals surface area contributed by atoms with Crippen molar-refractivity contribution in [1.29, 1.82) is 0 Å². The molecule has 0 aromatic carbocycles. The minimum absolute atomic E-state index is 0.496. The summed E-state index contributed by atoms with van der Waals surface area (Å²) in [5, 5.41) is 4.40. The second kappa shape index (κ2) is 4.26. The van der Waals surface area contributed by atoms with Gasteiger partial charge in [0.05, 0.1) is 5.69 Å². The summed E-state index contributed by atoms with van der Waals surface area (Å²) in [4.78, 5) is 4.50. The highest BCUT2D eigenvalue weighted by Gasteiger charge is 2.06. The van der Waals surface area contributed by atoms with Gasteiger partial charge < -0.3 is 0 Å². The van der Waals surface area contributed by atoms with Crippen molar-refractivity contribution in [3.63, 3.8) is 0 Å². The van der Waals surface area contributed by atoms with E-state index < -0.39 is 0 Å². The van der Waals surface area contributed by atoms with Crippen molar-refractivity contribution < 1.29 is 0 Å². The predicted molar refractivity (Wildman–Crippen MR) is 65.1 cm³/mol. The summed E-state index contributed by atoms with van der Waals surface area (Å²) in [7, 11) is 0. The summed E-state index contributed by atoms with van der Waals surface area (Å²) < 4.78 is 1.85. The first-order chi connectivity index (χ1) is 7.61. The third-order valence-corrected chi connectivity index (χ3v) is 2.84. The monoisotopic (exact) mass is 235 g/mol. The maximum Gasteiger partial charge on any atom is 0.153 e. The molecular formula is C12H14ClN3. The van der Waals surface area contributed by atoms with Gasteiger partial charge in [0.25, 0.3) is 0 Å². The minimum Gasteiger partial charge on any atom is -0.234 e. The summed E-state index contributed by atoms with van der Waals surface area (Å²) in [5.41, 5.74) is 4.10. The zero-order valence-corrected chi connectivity index (χ0v) is 10.4. The summed E-state index contributed by atoms with van der Waals surface area (Å²) in [6.07, 6.45) is 0. The second-order valence-corrected chi connectivity index (χ2v) is 4.15. The molecule has 0 saturated heterocycles. The number of aromatic nitrogens is 3. The first-order valence-corrected chi connectivity index (χ1v) is 5.71. The lowest BCUT2D eigenvalue weighted by atomic mass is 10.2. The van der Waals surface area contributed by atoms with E-state index in [1.165, 1.54) is 0 Å². The van der Waals surface area contributed by atoms with Gasteiger partial charge in [-0.3, -0.25) is 0 Å². The number of halogens is 1. The molecule has 3 nitrogen and oxygen atoms in total. The molecule has 84 valence electrons. The number of hydrogen-bond acceptors (Lipinski definition) is 2. The van der Waals surface area contributed by atoms with E-state index in [0.29, 0.717) is 5.88 Å². The molecule has 2 rings (SSSR count). The maximum atomic E-state index is 5.80. The Hall–Kier alpha value is -1.35. The zero-order valence-electron chi connectivity index (χ0n) is 9.66. The van der Waals surface area contributed by atoms with Crippen LogP contribution in [0.2, 0.25) is 0 Å². The Kier molecular flexibility index (Phi) is 2.97. The first kappa shape index (κ1) is 11.1. The fraction of sp³-hybridized carbons (Fsp3) is 0.333. The molecule has 2 aromatic heterocycles. The van der Waals surface area contributed by atoms with Crippen molar-refractivity contribution in [2.45, 2.75) is 26.7 Å². The number of hydrogen-bond donors (Lipinski definition) is 0. The van der Waals surface area contributed by atoms with Gasteiger partial charge in [0.1, 0.15) is 0 Å². The molecule has 0 N–H and O–H groups in total. The maximum absolute atomic E-state index is 5.80. The van der Waals surface area contributed by atoms with Crippen LogP contribution in [0.4, 0.5) is 0 Å². The molecule has 0 atom stereocenters. The standard InChI is InChI=1S/C12H14ClN3/c1-8-6-9(2)16(15-8)12-5-4-11(7-13)10(3)14-12/h4-6H,7H2,1-3H3. The van der Waals surface area contributed by atoms with Crippen LogP contribution in [0.25, 0.3) is 5.82 Å². The number of rotatable bonds is 2. The lowest BCUT2D eigenvalue weighted by Crippen LogP contribution is -2.04. The van der Waals surface area contributed by atoms with Crippen LogP contribution in [0.5, 0.6) is 0 Å². The zero-order chi connectivity index (χ0) is 11.7. The highest BCUT2D eigenvalue weighted by Crippen LogP contribution is 2.14. The smallest absolute Gasteiger partial charge is 0.153 e. The van der Waals surface area contributed by atoms with Crippen molar-refractivity contribution in [2.24, 2.45) is 0 Å². The van der Waals surface area contributed by atoms with E-state index in [2.05, 4.69) is 10.1 Å². The summed E-state index contributed by atoms with van der Waals surface area (Å²) in [5.74, 6) is 1.34. The Balaban J connectivity index is 2.49. The Bertz CT molecular complexity index is 517. The SMILES string of the molecule is Cc1cc(C)n(-c2ccc(CCl)c(C)n2)n1. The van der Waals surface area contributed by atoms with Gasteiger partial charge in [0.2, 0.25) is 0 Å². The molecule has 0 fully saturated rings. The molecule has 4 heteroatoms. The number of alkyl halides is 1. The molecule has 0 unspecified atom stereocenters. The van der Waals surface area contributed by atoms with E-state index in [-0.39, 0.29) is 0 Å². The third-order valence-electron chi connectivity index (χ3n) is 2.55. The highest BCUT2D eigenvalue weighted by atomic mass is 35.5. The third kappa shape index (κ3) is 1.95. The van der Waals surface area contributed by atoms with Gasteiger partial charge in [-0.1, -0.05) is 6.07 Å². The van der Waals surface area contributed by atoms with Crippen LogP contribution in [0.15, 0.2) is 18.2 Å². The van der Waals surface area contributed by atoms with Crippen LogP contribution < -0.4 is 0 Å². The summed E-state index contributed by atoms with van der Waals surface area (Å²) in [6, 6.07) is 5.98. The van der Waals surface area contributed by atoms with Crippen molar-refractivity contribution in [3.8, 4) is 5.82 Å². The second-order valence-electron chi connectivity index (χ2n) is 3.89. The number of aryl methyl sites for hydroxylation is 3. The van der Waals surface area contributed by atoms with Gasteiger partial charge in [0.15, 0.2) is 5.82 Å². The first-order valence-electron chi connectivity index (χ1n) is 5.18. The molecule has 0 radical (unpaired) electrons. The van der Waals surface area contributed by atoms with Crippen molar-refractivity contribution >= 4 is 11.6 Å². The van der Waals surface area contributed by atoms with Crippen LogP contribution in [0.1, 0.15) is 22.6 Å². The lowest BCUT2D eigenvalue weighted by Gasteiger charge is -2.06. The Morgan fingerprint density at radius 2 is 2.00 bits per heavy atom. The molecule has 0 aliphatic rings. The minimum atomic E-state index is 0.496. The van der Waals surface area contributed by atoms with Gasteiger partial charge in [0, 0.05) is 17.3 Å². The van der Waals surface area contributed by atoms with E-state index >= 15 is 0 Å². The van der Waals surface area contributed by atoms with E-state index in [1.807, 2.05) is 43.7 Å². The molecule has 0 spiro atoms. The van der Waals surface area contributed by atoms with E-state index in [0.717, 1.165) is 28.5 Å². The lowest BCUT2D eigenvalue weighted by molar-refractivity contribution is 0.799. The number of nitrogens with zero attached hydrogens (tertiary/aromatic N) is 3.